The lowest BCUT2D eigenvalue weighted by Crippen LogP contribution is -2.30. The molecule has 0 unspecified atom stereocenters. The number of rotatable bonds is 1. The van der Waals surface area contributed by atoms with Crippen LogP contribution in [0.5, 0.6) is 0 Å². The second kappa shape index (κ2) is 6.87. The van der Waals surface area contributed by atoms with Gasteiger partial charge in [-0.2, -0.15) is 8.42 Å². The molecular weight excluding hydrogens is 279 g/mol. The molecule has 0 amide bonds. The lowest BCUT2D eigenvalue weighted by molar-refractivity contribution is 0.468. The van der Waals surface area contributed by atoms with Crippen molar-refractivity contribution in [3.05, 3.63) is 0 Å². The average molecular weight is 312 g/mol. The fourth-order valence-electron chi connectivity index (χ4n) is 1.95. The molecule has 5 heteroatoms. The monoisotopic (exact) mass is 312 g/mol. The zero-order valence-corrected chi connectivity index (χ0v) is 16.0. The van der Waals surface area contributed by atoms with Gasteiger partial charge in [0.05, 0.1) is 6.26 Å². The van der Waals surface area contributed by atoms with Gasteiger partial charge in [-0.05, 0) is 21.9 Å². The molecule has 0 aromatic heterocycles. The summed E-state index contributed by atoms with van der Waals surface area (Å²) in [6, 6.07) is 0. The predicted molar refractivity (Wildman–Crippen MR) is 88.2 cm³/mol. The van der Waals surface area contributed by atoms with Crippen LogP contribution in [-0.2, 0) is 10.1 Å². The molecule has 0 aliphatic heterocycles. The lowest BCUT2D eigenvalue weighted by Gasteiger charge is -2.44. The van der Waals surface area contributed by atoms with Crippen LogP contribution in [0.25, 0.3) is 0 Å². The van der Waals surface area contributed by atoms with Crippen molar-refractivity contribution in [1.29, 1.82) is 0 Å². The van der Waals surface area contributed by atoms with E-state index in [4.69, 9.17) is 4.55 Å². The first kappa shape index (κ1) is 21.6. The van der Waals surface area contributed by atoms with Crippen LogP contribution in [0.2, 0.25) is 0 Å². The molecule has 0 aliphatic carbocycles. The third kappa shape index (κ3) is 16.3. The summed E-state index contributed by atoms with van der Waals surface area (Å²) in [6.07, 6.45) is 2.09. The minimum Gasteiger partial charge on any atom is -0.286 e. The summed E-state index contributed by atoms with van der Waals surface area (Å²) < 4.78 is 25.9. The van der Waals surface area contributed by atoms with Crippen molar-refractivity contribution in [1.82, 2.24) is 0 Å². The van der Waals surface area contributed by atoms with Crippen LogP contribution in [0, 0.1) is 5.41 Å². The van der Waals surface area contributed by atoms with Crippen LogP contribution < -0.4 is 0 Å². The lowest BCUT2D eigenvalue weighted by atomic mass is 10.0. The predicted octanol–water partition coefficient (Wildman–Crippen LogP) is 4.62. The molecule has 0 heterocycles. The average Bonchev–Trinajstić information content (AvgIpc) is 1.90. The van der Waals surface area contributed by atoms with Gasteiger partial charge in [0.1, 0.15) is 0 Å². The Balaban J connectivity index is 0. The van der Waals surface area contributed by atoms with E-state index in [0.717, 1.165) is 0 Å². The van der Waals surface area contributed by atoms with Crippen LogP contribution in [0.1, 0.15) is 62.3 Å². The molecule has 118 valence electrons. The van der Waals surface area contributed by atoms with Gasteiger partial charge in [-0.1, -0.05) is 70.2 Å². The zero-order valence-electron chi connectivity index (χ0n) is 14.3. The van der Waals surface area contributed by atoms with E-state index in [1.54, 1.807) is 0 Å². The summed E-state index contributed by atoms with van der Waals surface area (Å²) in [5.74, 6) is 0. The molecule has 19 heavy (non-hydrogen) atoms. The Kier molecular flexibility index (Phi) is 7.82. The third-order valence-electron chi connectivity index (χ3n) is 2.25. The fraction of sp³-hybridized carbons (Fsp3) is 1.00. The van der Waals surface area contributed by atoms with Crippen molar-refractivity contribution >= 4 is 18.0 Å². The quantitative estimate of drug-likeness (QED) is 0.568. The Morgan fingerprint density at radius 2 is 1.05 bits per heavy atom. The number of hydrogen-bond acceptors (Lipinski definition) is 2. The highest BCUT2D eigenvalue weighted by molar-refractivity contribution is 7.85. The fourth-order valence-corrected chi connectivity index (χ4v) is 5.86. The summed E-state index contributed by atoms with van der Waals surface area (Å²) in [6.45, 7) is 21.5. The normalized spacial score (nSPS) is 14.1. The minimum absolute atomic E-state index is 0.0692. The van der Waals surface area contributed by atoms with Crippen LogP contribution in [-0.4, -0.2) is 35.7 Å². The second-order valence-corrected chi connectivity index (χ2v) is 13.5. The van der Waals surface area contributed by atoms with Crippen molar-refractivity contribution in [3.63, 3.8) is 0 Å². The Labute approximate surface area is 122 Å². The highest BCUT2D eigenvalue weighted by atomic mass is 32.2. The van der Waals surface area contributed by atoms with Crippen molar-refractivity contribution in [2.24, 2.45) is 5.41 Å². The molecule has 0 aromatic rings. The summed E-state index contributed by atoms with van der Waals surface area (Å²) in [5, 5.41) is 0.946. The molecule has 1 N–H and O–H groups in total. The maximum absolute atomic E-state index is 9.19. The standard InChI is InChI=1S/C13H29P.CH4O3S/c1-11(2,3)10-14(12(4,5)6)13(7,8)9;1-5(2,3)4/h10H2,1-9H3;1H3,(H,2,3,4). The van der Waals surface area contributed by atoms with Gasteiger partial charge in [-0.15, -0.1) is 0 Å². The number of hydrogen-bond donors (Lipinski definition) is 1. The van der Waals surface area contributed by atoms with E-state index >= 15 is 0 Å². The third-order valence-corrected chi connectivity index (χ3v) is 6.76. The molecule has 3 nitrogen and oxygen atoms in total. The van der Waals surface area contributed by atoms with Gasteiger partial charge in [0, 0.05) is 0 Å². The topological polar surface area (TPSA) is 54.4 Å². The van der Waals surface area contributed by atoms with Gasteiger partial charge in [0.2, 0.25) is 0 Å². The first-order chi connectivity index (χ1) is 7.84. The van der Waals surface area contributed by atoms with Crippen molar-refractivity contribution in [3.8, 4) is 0 Å². The Bertz CT molecular complexity index is 332. The Morgan fingerprint density at radius 3 is 1.11 bits per heavy atom. The molecule has 0 fully saturated rings. The van der Waals surface area contributed by atoms with E-state index in [-0.39, 0.29) is 7.92 Å². The van der Waals surface area contributed by atoms with Crippen LogP contribution in [0.3, 0.4) is 0 Å². The summed E-state index contributed by atoms with van der Waals surface area (Å²) >= 11 is 0. The van der Waals surface area contributed by atoms with E-state index in [0.29, 0.717) is 22.0 Å². The first-order valence-corrected chi connectivity index (χ1v) is 9.92. The summed E-state index contributed by atoms with van der Waals surface area (Å²) in [4.78, 5) is 0. The molecule has 0 aromatic carbocycles. The SMILES string of the molecule is CC(C)(C)CP(C(C)(C)C)C(C)(C)C.CS(=O)(=O)O. The molecule has 0 atom stereocenters. The van der Waals surface area contributed by atoms with E-state index < -0.39 is 10.1 Å². The van der Waals surface area contributed by atoms with E-state index in [1.165, 1.54) is 6.16 Å². The van der Waals surface area contributed by atoms with Crippen molar-refractivity contribution in [2.75, 3.05) is 12.4 Å². The minimum atomic E-state index is -3.67. The zero-order chi connectivity index (χ0) is 16.3. The second-order valence-electron chi connectivity index (χ2n) is 8.22. The molecule has 0 rings (SSSR count). The van der Waals surface area contributed by atoms with Crippen LogP contribution in [0.4, 0.5) is 0 Å². The first-order valence-electron chi connectivity index (χ1n) is 6.54. The van der Waals surface area contributed by atoms with Crippen LogP contribution >= 0.6 is 7.92 Å². The van der Waals surface area contributed by atoms with Gasteiger partial charge in [-0.3, -0.25) is 4.55 Å². The Morgan fingerprint density at radius 1 is 0.842 bits per heavy atom. The van der Waals surface area contributed by atoms with Gasteiger partial charge < -0.3 is 0 Å². The van der Waals surface area contributed by atoms with Gasteiger partial charge in [0.15, 0.2) is 0 Å². The highest BCUT2D eigenvalue weighted by Crippen LogP contribution is 2.61. The molecule has 0 radical (unpaired) electrons. The molecule has 0 spiro atoms. The van der Waals surface area contributed by atoms with Crippen molar-refractivity contribution < 1.29 is 13.0 Å². The molecule has 0 aliphatic rings. The van der Waals surface area contributed by atoms with Crippen LogP contribution in [0.15, 0.2) is 0 Å². The van der Waals surface area contributed by atoms with Gasteiger partial charge in [0.25, 0.3) is 10.1 Å². The maximum Gasteiger partial charge on any atom is 0.261 e. The molecule has 0 saturated carbocycles. The highest BCUT2D eigenvalue weighted by Gasteiger charge is 2.36. The van der Waals surface area contributed by atoms with E-state index in [1.807, 2.05) is 0 Å². The Hall–Kier alpha value is 0.340. The van der Waals surface area contributed by atoms with Gasteiger partial charge >= 0.3 is 0 Å². The summed E-state index contributed by atoms with van der Waals surface area (Å²) in [5.41, 5.74) is 0.465. The molecular formula is C14H33O3PS. The molecule has 0 bridgehead atoms. The van der Waals surface area contributed by atoms with Crippen molar-refractivity contribution in [2.45, 2.75) is 72.6 Å². The smallest absolute Gasteiger partial charge is 0.261 e. The maximum atomic E-state index is 9.19. The van der Waals surface area contributed by atoms with E-state index in [2.05, 4.69) is 62.3 Å². The largest absolute Gasteiger partial charge is 0.286 e. The molecule has 0 saturated heterocycles. The van der Waals surface area contributed by atoms with Gasteiger partial charge in [-0.25, -0.2) is 0 Å². The summed E-state index contributed by atoms with van der Waals surface area (Å²) in [7, 11) is -3.60. The van der Waals surface area contributed by atoms with E-state index in [9.17, 15) is 8.42 Å².